The molecule has 0 aliphatic carbocycles. The van der Waals surface area contributed by atoms with E-state index in [9.17, 15) is 4.79 Å². The van der Waals surface area contributed by atoms with E-state index in [4.69, 9.17) is 0 Å². The number of carbonyl (C=O) groups excluding carboxylic acids is 1. The maximum absolute atomic E-state index is 11.3. The highest BCUT2D eigenvalue weighted by atomic mass is 16.1. The van der Waals surface area contributed by atoms with Crippen molar-refractivity contribution in [1.29, 1.82) is 0 Å². The Bertz CT molecular complexity index is 502. The van der Waals surface area contributed by atoms with Crippen LogP contribution in [-0.2, 0) is 4.79 Å². The number of nitrogens with zero attached hydrogens (tertiary/aromatic N) is 2. The molecule has 1 aromatic carbocycles. The van der Waals surface area contributed by atoms with Crippen molar-refractivity contribution in [2.24, 2.45) is 0 Å². The van der Waals surface area contributed by atoms with Crippen molar-refractivity contribution in [1.82, 2.24) is 10.2 Å². The molecule has 2 aromatic rings. The van der Waals surface area contributed by atoms with Crippen LogP contribution in [0.1, 0.15) is 25.5 Å². The second-order valence-electron chi connectivity index (χ2n) is 3.65. The van der Waals surface area contributed by atoms with Crippen LogP contribution < -0.4 is 0 Å². The van der Waals surface area contributed by atoms with Gasteiger partial charge in [-0.1, -0.05) is 24.3 Å². The van der Waals surface area contributed by atoms with Gasteiger partial charge in [-0.3, -0.25) is 4.79 Å². The number of Topliss-reactive ketones (excluding diaryl/α,β-unsaturated/α-hetero) is 1. The van der Waals surface area contributed by atoms with E-state index in [1.165, 1.54) is 0 Å². The summed E-state index contributed by atoms with van der Waals surface area (Å²) in [7, 11) is 0. The zero-order valence-electron chi connectivity index (χ0n) is 8.77. The van der Waals surface area contributed by atoms with Gasteiger partial charge in [0, 0.05) is 10.8 Å². The third-order valence-electron chi connectivity index (χ3n) is 2.62. The van der Waals surface area contributed by atoms with Crippen LogP contribution in [0.25, 0.3) is 10.8 Å². The third kappa shape index (κ3) is 1.73. The molecule has 76 valence electrons. The summed E-state index contributed by atoms with van der Waals surface area (Å²) in [6, 6.07) is 7.84. The van der Waals surface area contributed by atoms with Gasteiger partial charge in [-0.25, -0.2) is 0 Å². The van der Waals surface area contributed by atoms with Gasteiger partial charge < -0.3 is 0 Å². The van der Waals surface area contributed by atoms with Crippen LogP contribution in [0, 0.1) is 0 Å². The molecular weight excluding hydrogens is 188 g/mol. The van der Waals surface area contributed by atoms with Crippen molar-refractivity contribution < 1.29 is 4.79 Å². The third-order valence-corrected chi connectivity index (χ3v) is 2.62. The fraction of sp³-hybridized carbons (Fsp3) is 0.250. The van der Waals surface area contributed by atoms with Crippen molar-refractivity contribution >= 4 is 16.6 Å². The molecule has 0 N–H and O–H groups in total. The largest absolute Gasteiger partial charge is 0.299 e. The number of ketones is 1. The minimum Gasteiger partial charge on any atom is -0.299 e. The molecule has 3 heteroatoms. The normalized spacial score (nSPS) is 12.7. The molecule has 0 spiro atoms. The summed E-state index contributed by atoms with van der Waals surface area (Å²) in [5.41, 5.74) is 0.764. The smallest absolute Gasteiger partial charge is 0.138 e. The monoisotopic (exact) mass is 200 g/mol. The second kappa shape index (κ2) is 3.77. The lowest BCUT2D eigenvalue weighted by Crippen LogP contribution is -2.07. The molecule has 0 saturated heterocycles. The van der Waals surface area contributed by atoms with Gasteiger partial charge in [0.1, 0.15) is 5.78 Å². The number of aromatic nitrogens is 2. The number of hydrogen-bond donors (Lipinski definition) is 0. The zero-order chi connectivity index (χ0) is 10.8. The molecule has 0 radical (unpaired) electrons. The van der Waals surface area contributed by atoms with E-state index in [2.05, 4.69) is 10.2 Å². The molecule has 15 heavy (non-hydrogen) atoms. The Morgan fingerprint density at radius 2 is 2.07 bits per heavy atom. The van der Waals surface area contributed by atoms with Gasteiger partial charge in [-0.05, 0) is 13.8 Å². The molecule has 1 atom stereocenters. The molecule has 1 heterocycles. The highest BCUT2D eigenvalue weighted by Crippen LogP contribution is 2.22. The fourth-order valence-electron chi connectivity index (χ4n) is 1.56. The van der Waals surface area contributed by atoms with Crippen LogP contribution in [0.2, 0.25) is 0 Å². The Morgan fingerprint density at radius 1 is 1.33 bits per heavy atom. The number of fused-ring (bicyclic) bond motifs is 1. The highest BCUT2D eigenvalue weighted by Gasteiger charge is 2.15. The first-order chi connectivity index (χ1) is 7.20. The standard InChI is InChI=1S/C12H12N2O/c1-8(9(2)15)12-11-6-4-3-5-10(11)7-13-14-12/h3-8H,1-2H3. The van der Waals surface area contributed by atoms with Crippen LogP contribution in [-0.4, -0.2) is 16.0 Å². The Labute approximate surface area is 88.1 Å². The number of carbonyl (C=O) groups is 1. The van der Waals surface area contributed by atoms with Crippen molar-refractivity contribution in [3.05, 3.63) is 36.2 Å². The van der Waals surface area contributed by atoms with E-state index < -0.39 is 0 Å². The maximum atomic E-state index is 11.3. The summed E-state index contributed by atoms with van der Waals surface area (Å²) in [6.07, 6.45) is 1.71. The number of hydrogen-bond acceptors (Lipinski definition) is 3. The van der Waals surface area contributed by atoms with Crippen LogP contribution in [0.5, 0.6) is 0 Å². The first-order valence-electron chi connectivity index (χ1n) is 4.91. The summed E-state index contributed by atoms with van der Waals surface area (Å²) in [5.74, 6) is -0.0794. The van der Waals surface area contributed by atoms with Gasteiger partial charge in [0.2, 0.25) is 0 Å². The number of benzene rings is 1. The van der Waals surface area contributed by atoms with E-state index in [1.807, 2.05) is 31.2 Å². The topological polar surface area (TPSA) is 42.9 Å². The molecule has 0 aliphatic heterocycles. The molecular formula is C12H12N2O. The van der Waals surface area contributed by atoms with E-state index in [0.717, 1.165) is 16.5 Å². The van der Waals surface area contributed by atoms with E-state index in [0.29, 0.717) is 0 Å². The minimum absolute atomic E-state index is 0.112. The van der Waals surface area contributed by atoms with Crippen molar-refractivity contribution in [3.63, 3.8) is 0 Å². The highest BCUT2D eigenvalue weighted by molar-refractivity contribution is 5.90. The van der Waals surface area contributed by atoms with Crippen molar-refractivity contribution in [2.75, 3.05) is 0 Å². The van der Waals surface area contributed by atoms with Gasteiger partial charge >= 0.3 is 0 Å². The summed E-state index contributed by atoms with van der Waals surface area (Å²) >= 11 is 0. The first-order valence-corrected chi connectivity index (χ1v) is 4.91. The van der Waals surface area contributed by atoms with Gasteiger partial charge in [0.05, 0.1) is 17.8 Å². The molecule has 0 saturated carbocycles. The number of rotatable bonds is 2. The fourth-order valence-corrected chi connectivity index (χ4v) is 1.56. The minimum atomic E-state index is -0.191. The van der Waals surface area contributed by atoms with E-state index in [1.54, 1.807) is 13.1 Å². The van der Waals surface area contributed by atoms with Crippen LogP contribution >= 0.6 is 0 Å². The Hall–Kier alpha value is -1.77. The predicted molar refractivity (Wildman–Crippen MR) is 58.6 cm³/mol. The Balaban J connectivity index is 2.65. The molecule has 0 fully saturated rings. The summed E-state index contributed by atoms with van der Waals surface area (Å²) in [6.45, 7) is 3.44. The Kier molecular flexibility index (Phi) is 2.46. The summed E-state index contributed by atoms with van der Waals surface area (Å²) in [5, 5.41) is 10.0. The van der Waals surface area contributed by atoms with Crippen LogP contribution in [0.3, 0.4) is 0 Å². The molecule has 3 nitrogen and oxygen atoms in total. The Morgan fingerprint density at radius 3 is 2.80 bits per heavy atom. The van der Waals surface area contributed by atoms with Crippen LogP contribution in [0.15, 0.2) is 30.5 Å². The predicted octanol–water partition coefficient (Wildman–Crippen LogP) is 2.32. The van der Waals surface area contributed by atoms with Gasteiger partial charge in [0.25, 0.3) is 0 Å². The molecule has 0 aliphatic rings. The maximum Gasteiger partial charge on any atom is 0.138 e. The lowest BCUT2D eigenvalue weighted by molar-refractivity contribution is -0.118. The van der Waals surface area contributed by atoms with Crippen LogP contribution in [0.4, 0.5) is 0 Å². The SMILES string of the molecule is CC(=O)C(C)c1nncc2ccccc12. The van der Waals surface area contributed by atoms with Gasteiger partial charge in [0.15, 0.2) is 0 Å². The van der Waals surface area contributed by atoms with Gasteiger partial charge in [-0.2, -0.15) is 10.2 Å². The average molecular weight is 200 g/mol. The van der Waals surface area contributed by atoms with E-state index >= 15 is 0 Å². The lowest BCUT2D eigenvalue weighted by atomic mass is 9.99. The molecule has 1 aromatic heterocycles. The molecule has 2 rings (SSSR count). The summed E-state index contributed by atoms with van der Waals surface area (Å²) in [4.78, 5) is 11.3. The molecule has 0 amide bonds. The molecule has 1 unspecified atom stereocenters. The summed E-state index contributed by atoms with van der Waals surface area (Å²) < 4.78 is 0. The zero-order valence-corrected chi connectivity index (χ0v) is 8.77. The lowest BCUT2D eigenvalue weighted by Gasteiger charge is -2.08. The first kappa shape index (κ1) is 9.77. The van der Waals surface area contributed by atoms with Gasteiger partial charge in [-0.15, -0.1) is 0 Å². The second-order valence-corrected chi connectivity index (χ2v) is 3.65. The average Bonchev–Trinajstić information content (AvgIpc) is 2.27. The van der Waals surface area contributed by atoms with Crippen molar-refractivity contribution in [2.45, 2.75) is 19.8 Å². The van der Waals surface area contributed by atoms with E-state index in [-0.39, 0.29) is 11.7 Å². The quantitative estimate of drug-likeness (QED) is 0.747. The molecule has 0 bridgehead atoms. The van der Waals surface area contributed by atoms with Crippen molar-refractivity contribution in [3.8, 4) is 0 Å².